The lowest BCUT2D eigenvalue weighted by atomic mass is 10.2. The highest BCUT2D eigenvalue weighted by Crippen LogP contribution is 2.32. The molecule has 0 fully saturated rings. The summed E-state index contributed by atoms with van der Waals surface area (Å²) in [6.45, 7) is 0. The van der Waals surface area contributed by atoms with Crippen LogP contribution in [0.4, 0.5) is 18.9 Å². The van der Waals surface area contributed by atoms with Gasteiger partial charge in [-0.3, -0.25) is 15.5 Å². The predicted octanol–water partition coefficient (Wildman–Crippen LogP) is 3.31. The van der Waals surface area contributed by atoms with Crippen LogP contribution in [0.2, 0.25) is 0 Å². The summed E-state index contributed by atoms with van der Waals surface area (Å²) in [7, 11) is 0. The van der Waals surface area contributed by atoms with Crippen LogP contribution in [0.1, 0.15) is 11.3 Å². The maximum atomic E-state index is 12.8. The number of H-pyrrole nitrogens is 1. The Morgan fingerprint density at radius 2 is 2.00 bits per heavy atom. The van der Waals surface area contributed by atoms with Crippen molar-refractivity contribution in [3.8, 4) is 0 Å². The van der Waals surface area contributed by atoms with Crippen molar-refractivity contribution in [2.24, 2.45) is 0 Å². The Labute approximate surface area is 118 Å². The van der Waals surface area contributed by atoms with Gasteiger partial charge in [0, 0.05) is 12.4 Å². The third-order valence-corrected chi connectivity index (χ3v) is 2.98. The van der Waals surface area contributed by atoms with Crippen LogP contribution in [0.3, 0.4) is 0 Å². The number of alkyl halides is 3. The maximum Gasteiger partial charge on any atom is 0.416 e. The molecule has 0 amide bonds. The van der Waals surface area contributed by atoms with E-state index in [2.05, 4.69) is 15.6 Å². The first-order valence-corrected chi connectivity index (χ1v) is 6.15. The number of hydrogen-bond acceptors (Lipinski definition) is 3. The molecule has 108 valence electrons. The Balaban J connectivity index is 1.86. The molecule has 1 aromatic heterocycles. The van der Waals surface area contributed by atoms with Gasteiger partial charge in [0.15, 0.2) is 0 Å². The number of aromatic nitrogens is 2. The second kappa shape index (κ2) is 5.01. The molecule has 1 aliphatic rings. The molecule has 0 aliphatic carbocycles. The third-order valence-electron chi connectivity index (χ3n) is 2.98. The van der Waals surface area contributed by atoms with Crippen molar-refractivity contribution >= 4 is 11.4 Å². The molecule has 21 heavy (non-hydrogen) atoms. The largest absolute Gasteiger partial charge is 0.416 e. The molecule has 4 nitrogen and oxygen atoms in total. The molecule has 0 saturated heterocycles. The minimum atomic E-state index is -4.36. The number of halogens is 3. The van der Waals surface area contributed by atoms with Crippen molar-refractivity contribution in [2.75, 3.05) is 5.01 Å². The van der Waals surface area contributed by atoms with Gasteiger partial charge in [-0.05, 0) is 36.4 Å². The molecule has 0 saturated carbocycles. The topological polar surface area (TPSA) is 44.0 Å². The number of nitrogens with zero attached hydrogens (tertiary/aromatic N) is 2. The highest BCUT2D eigenvalue weighted by atomic mass is 19.4. The molecule has 3 rings (SSSR count). The zero-order valence-electron chi connectivity index (χ0n) is 10.7. The Bertz CT molecular complexity index is 686. The average Bonchev–Trinajstić information content (AvgIpc) is 3.01. The van der Waals surface area contributed by atoms with E-state index in [4.69, 9.17) is 0 Å². The van der Waals surface area contributed by atoms with Gasteiger partial charge >= 0.3 is 6.18 Å². The number of anilines is 1. The third kappa shape index (κ3) is 2.76. The summed E-state index contributed by atoms with van der Waals surface area (Å²) >= 11 is 0. The molecule has 1 aliphatic heterocycles. The molecule has 0 unspecified atom stereocenters. The maximum absolute atomic E-state index is 12.8. The van der Waals surface area contributed by atoms with Crippen molar-refractivity contribution in [1.29, 1.82) is 0 Å². The molecule has 0 bridgehead atoms. The quantitative estimate of drug-likeness (QED) is 0.892. The Kier molecular flexibility index (Phi) is 3.17. The van der Waals surface area contributed by atoms with Gasteiger partial charge in [-0.2, -0.15) is 18.3 Å². The molecule has 2 aromatic rings. The van der Waals surface area contributed by atoms with Crippen molar-refractivity contribution in [3.63, 3.8) is 0 Å². The van der Waals surface area contributed by atoms with E-state index >= 15 is 0 Å². The number of hydrogen-bond donors (Lipinski definition) is 2. The van der Waals surface area contributed by atoms with Crippen molar-refractivity contribution in [3.05, 3.63) is 66.1 Å². The molecule has 1 aromatic carbocycles. The fraction of sp³-hybridized carbons (Fsp3) is 0.0714. The summed E-state index contributed by atoms with van der Waals surface area (Å²) in [6.07, 6.45) is 2.43. The summed E-state index contributed by atoms with van der Waals surface area (Å²) in [6, 6.07) is 6.88. The number of allylic oxidation sites excluding steroid dienone is 2. The lowest BCUT2D eigenvalue weighted by Crippen LogP contribution is -2.34. The van der Waals surface area contributed by atoms with Gasteiger partial charge in [0.1, 0.15) is 0 Å². The first-order valence-electron chi connectivity index (χ1n) is 6.15. The number of rotatable bonds is 2. The van der Waals surface area contributed by atoms with Crippen molar-refractivity contribution in [1.82, 2.24) is 15.6 Å². The van der Waals surface area contributed by atoms with Gasteiger partial charge in [-0.1, -0.05) is 6.07 Å². The van der Waals surface area contributed by atoms with E-state index in [1.165, 1.54) is 11.1 Å². The highest BCUT2D eigenvalue weighted by Gasteiger charge is 2.30. The predicted molar refractivity (Wildman–Crippen MR) is 72.8 cm³/mol. The minimum Gasteiger partial charge on any atom is -0.292 e. The number of benzene rings is 1. The van der Waals surface area contributed by atoms with Crippen LogP contribution in [0.5, 0.6) is 0 Å². The first-order chi connectivity index (χ1) is 10.0. The van der Waals surface area contributed by atoms with E-state index < -0.39 is 11.7 Å². The molecular weight excluding hydrogens is 281 g/mol. The first kappa shape index (κ1) is 13.3. The molecular formula is C14H11F3N4. The van der Waals surface area contributed by atoms with Gasteiger partial charge in [0.2, 0.25) is 0 Å². The van der Waals surface area contributed by atoms with Crippen LogP contribution >= 0.6 is 0 Å². The van der Waals surface area contributed by atoms with Crippen LogP contribution in [-0.4, -0.2) is 10.2 Å². The van der Waals surface area contributed by atoms with Gasteiger partial charge < -0.3 is 0 Å². The lowest BCUT2D eigenvalue weighted by molar-refractivity contribution is -0.137. The molecule has 0 radical (unpaired) electrons. The SMILES string of the molecule is FC(F)(F)c1cccc(N2C=CC=C(c3ccn[nH]3)N2)c1. The monoisotopic (exact) mass is 292 g/mol. The highest BCUT2D eigenvalue weighted by molar-refractivity contribution is 5.68. The minimum absolute atomic E-state index is 0.395. The molecule has 0 atom stereocenters. The van der Waals surface area contributed by atoms with Gasteiger partial charge in [-0.15, -0.1) is 0 Å². The van der Waals surface area contributed by atoms with E-state index in [-0.39, 0.29) is 0 Å². The average molecular weight is 292 g/mol. The van der Waals surface area contributed by atoms with Crippen LogP contribution in [-0.2, 0) is 6.18 Å². The van der Waals surface area contributed by atoms with E-state index in [1.807, 2.05) is 0 Å². The van der Waals surface area contributed by atoms with Crippen LogP contribution in [0, 0.1) is 0 Å². The standard InChI is InChI=1S/C14H11F3N4/c15-14(16,17)10-3-1-4-11(9-10)21-8-2-5-13(20-21)12-6-7-18-19-12/h1-9,20H,(H,18,19). The Hall–Kier alpha value is -2.70. The zero-order chi connectivity index (χ0) is 14.9. The lowest BCUT2D eigenvalue weighted by Gasteiger charge is -2.26. The summed E-state index contributed by atoms with van der Waals surface area (Å²) in [4.78, 5) is 0. The smallest absolute Gasteiger partial charge is 0.292 e. The molecule has 0 spiro atoms. The second-order valence-corrected chi connectivity index (χ2v) is 4.42. The van der Waals surface area contributed by atoms with Crippen molar-refractivity contribution in [2.45, 2.75) is 6.18 Å². The zero-order valence-corrected chi connectivity index (χ0v) is 10.7. The second-order valence-electron chi connectivity index (χ2n) is 4.42. The summed E-state index contributed by atoms with van der Waals surface area (Å²) in [5, 5.41) is 8.16. The normalized spacial score (nSPS) is 14.8. The van der Waals surface area contributed by atoms with Crippen LogP contribution in [0.25, 0.3) is 5.70 Å². The summed E-state index contributed by atoms with van der Waals surface area (Å²) < 4.78 is 38.3. The van der Waals surface area contributed by atoms with Gasteiger partial charge in [0.05, 0.1) is 22.6 Å². The molecule has 2 heterocycles. The fourth-order valence-electron chi connectivity index (χ4n) is 1.97. The van der Waals surface area contributed by atoms with E-state index in [1.54, 1.807) is 36.7 Å². The number of hydrazine groups is 1. The van der Waals surface area contributed by atoms with Crippen molar-refractivity contribution < 1.29 is 13.2 Å². The summed E-state index contributed by atoms with van der Waals surface area (Å²) in [5.41, 5.74) is 4.19. The number of nitrogens with one attached hydrogen (secondary N) is 2. The van der Waals surface area contributed by atoms with E-state index in [0.717, 1.165) is 17.8 Å². The fourth-order valence-corrected chi connectivity index (χ4v) is 1.97. The van der Waals surface area contributed by atoms with E-state index in [0.29, 0.717) is 11.4 Å². The molecule has 2 N–H and O–H groups in total. The Morgan fingerprint density at radius 3 is 2.71 bits per heavy atom. The Morgan fingerprint density at radius 1 is 1.14 bits per heavy atom. The summed E-state index contributed by atoms with van der Waals surface area (Å²) in [5.74, 6) is 0. The number of aromatic amines is 1. The van der Waals surface area contributed by atoms with E-state index in [9.17, 15) is 13.2 Å². The molecule has 7 heteroatoms. The van der Waals surface area contributed by atoms with Crippen LogP contribution < -0.4 is 10.4 Å². The van der Waals surface area contributed by atoms with Gasteiger partial charge in [-0.25, -0.2) is 0 Å². The van der Waals surface area contributed by atoms with Crippen LogP contribution in [0.15, 0.2) is 54.9 Å². The van der Waals surface area contributed by atoms with Gasteiger partial charge in [0.25, 0.3) is 0 Å².